The van der Waals surface area contributed by atoms with E-state index in [1.54, 1.807) is 7.11 Å². The predicted octanol–water partition coefficient (Wildman–Crippen LogP) is 2.79. The summed E-state index contributed by atoms with van der Waals surface area (Å²) in [4.78, 5) is 2.38. The van der Waals surface area contributed by atoms with Crippen LogP contribution in [0.3, 0.4) is 0 Å². The van der Waals surface area contributed by atoms with E-state index in [0.717, 1.165) is 31.7 Å². The molecule has 5 heteroatoms. The zero-order valence-corrected chi connectivity index (χ0v) is 13.1. The number of ether oxygens (including phenoxy) is 1. The summed E-state index contributed by atoms with van der Waals surface area (Å²) in [5.74, 6) is 0.141. The van der Waals surface area contributed by atoms with Crippen molar-refractivity contribution in [2.24, 2.45) is 0 Å². The van der Waals surface area contributed by atoms with Gasteiger partial charge < -0.3 is 4.74 Å². The van der Waals surface area contributed by atoms with Crippen LogP contribution in [0.5, 0.6) is 0 Å². The van der Waals surface area contributed by atoms with Crippen LogP contribution in [0.25, 0.3) is 0 Å². The van der Waals surface area contributed by atoms with E-state index < -0.39 is 0 Å². The van der Waals surface area contributed by atoms with Gasteiger partial charge in [-0.2, -0.15) is 5.10 Å². The van der Waals surface area contributed by atoms with Crippen molar-refractivity contribution in [2.45, 2.75) is 32.5 Å². The molecule has 0 saturated carbocycles. The fourth-order valence-electron chi connectivity index (χ4n) is 3.29. The largest absolute Gasteiger partial charge is 0.384 e. The number of aryl methyl sites for hydroxylation is 1. The molecule has 0 unspecified atom stereocenters. The summed E-state index contributed by atoms with van der Waals surface area (Å²) in [7, 11) is 1.74. The second-order valence-corrected chi connectivity index (χ2v) is 5.82. The molecule has 0 bridgehead atoms. The van der Waals surface area contributed by atoms with E-state index in [0.29, 0.717) is 12.5 Å². The molecule has 1 aromatic heterocycles. The highest BCUT2D eigenvalue weighted by molar-refractivity contribution is 5.26. The fourth-order valence-corrected chi connectivity index (χ4v) is 3.29. The standard InChI is InChI=1S/C17H22FN3O/c1-3-21-17-14(8-19-21)10-20(11-15(17)12-22-2)9-13-4-6-16(18)7-5-13/h4-8,15H,3,9-12H2,1-2H3/t15-/m0/s1. The number of rotatable bonds is 5. The van der Waals surface area contributed by atoms with Crippen molar-refractivity contribution in [1.82, 2.24) is 14.7 Å². The van der Waals surface area contributed by atoms with Gasteiger partial charge in [0, 0.05) is 50.5 Å². The molecule has 1 aliphatic heterocycles. The van der Waals surface area contributed by atoms with Crippen LogP contribution < -0.4 is 0 Å². The molecule has 2 heterocycles. The van der Waals surface area contributed by atoms with Gasteiger partial charge in [0.1, 0.15) is 5.82 Å². The molecule has 1 aromatic carbocycles. The van der Waals surface area contributed by atoms with Crippen molar-refractivity contribution >= 4 is 0 Å². The number of aromatic nitrogens is 2. The fraction of sp³-hybridized carbons (Fsp3) is 0.471. The number of hydrogen-bond donors (Lipinski definition) is 0. The zero-order valence-electron chi connectivity index (χ0n) is 13.1. The first-order valence-electron chi connectivity index (χ1n) is 7.71. The lowest BCUT2D eigenvalue weighted by Gasteiger charge is -2.33. The molecule has 118 valence electrons. The molecular weight excluding hydrogens is 281 g/mol. The predicted molar refractivity (Wildman–Crippen MR) is 83.0 cm³/mol. The third-order valence-electron chi connectivity index (χ3n) is 4.21. The van der Waals surface area contributed by atoms with E-state index in [-0.39, 0.29) is 5.82 Å². The summed E-state index contributed by atoms with van der Waals surface area (Å²) in [5.41, 5.74) is 3.71. The summed E-state index contributed by atoms with van der Waals surface area (Å²) in [5, 5.41) is 4.49. The van der Waals surface area contributed by atoms with E-state index in [2.05, 4.69) is 21.6 Å². The van der Waals surface area contributed by atoms with Crippen molar-refractivity contribution in [2.75, 3.05) is 20.3 Å². The molecular formula is C17H22FN3O. The molecule has 0 fully saturated rings. The summed E-state index contributed by atoms with van der Waals surface area (Å²) in [6, 6.07) is 6.75. The molecule has 0 saturated heterocycles. The van der Waals surface area contributed by atoms with Crippen LogP contribution in [0.4, 0.5) is 4.39 Å². The van der Waals surface area contributed by atoms with Gasteiger partial charge in [-0.15, -0.1) is 0 Å². The van der Waals surface area contributed by atoms with Crippen molar-refractivity contribution in [3.63, 3.8) is 0 Å². The highest BCUT2D eigenvalue weighted by Gasteiger charge is 2.29. The van der Waals surface area contributed by atoms with E-state index in [9.17, 15) is 4.39 Å². The Labute approximate surface area is 130 Å². The molecule has 0 spiro atoms. The molecule has 1 aliphatic rings. The van der Waals surface area contributed by atoms with Gasteiger partial charge in [0.25, 0.3) is 0 Å². The molecule has 4 nitrogen and oxygen atoms in total. The minimum absolute atomic E-state index is 0.189. The maximum absolute atomic E-state index is 13.0. The van der Waals surface area contributed by atoms with Crippen molar-refractivity contribution in [3.05, 3.63) is 53.1 Å². The third-order valence-corrected chi connectivity index (χ3v) is 4.21. The zero-order chi connectivity index (χ0) is 15.5. The van der Waals surface area contributed by atoms with E-state index >= 15 is 0 Å². The Morgan fingerprint density at radius 1 is 1.32 bits per heavy atom. The maximum atomic E-state index is 13.0. The lowest BCUT2D eigenvalue weighted by atomic mass is 9.96. The van der Waals surface area contributed by atoms with Gasteiger partial charge in [-0.1, -0.05) is 12.1 Å². The molecule has 0 radical (unpaired) electrons. The first kappa shape index (κ1) is 15.2. The first-order valence-corrected chi connectivity index (χ1v) is 7.71. The van der Waals surface area contributed by atoms with Gasteiger partial charge in [-0.05, 0) is 24.6 Å². The molecule has 0 amide bonds. The van der Waals surface area contributed by atoms with E-state index in [1.165, 1.54) is 23.4 Å². The quantitative estimate of drug-likeness (QED) is 0.851. The Balaban J connectivity index is 1.79. The topological polar surface area (TPSA) is 30.3 Å². The second kappa shape index (κ2) is 6.58. The smallest absolute Gasteiger partial charge is 0.123 e. The summed E-state index contributed by atoms with van der Waals surface area (Å²) in [6.07, 6.45) is 1.97. The van der Waals surface area contributed by atoms with Gasteiger partial charge in [0.05, 0.1) is 12.8 Å². The Morgan fingerprint density at radius 2 is 2.09 bits per heavy atom. The Bertz CT molecular complexity index is 623. The molecule has 3 rings (SSSR count). The van der Waals surface area contributed by atoms with Crippen LogP contribution in [0.15, 0.2) is 30.5 Å². The number of nitrogens with zero attached hydrogens (tertiary/aromatic N) is 3. The van der Waals surface area contributed by atoms with Crippen LogP contribution in [0.1, 0.15) is 29.7 Å². The Hall–Kier alpha value is -1.72. The SMILES string of the molecule is CCn1ncc2c1[C@H](COC)CN(Cc1ccc(F)cc1)C2. The minimum Gasteiger partial charge on any atom is -0.384 e. The highest BCUT2D eigenvalue weighted by Crippen LogP contribution is 2.29. The number of fused-ring (bicyclic) bond motifs is 1. The molecule has 1 atom stereocenters. The molecule has 2 aromatic rings. The molecule has 22 heavy (non-hydrogen) atoms. The number of benzene rings is 1. The van der Waals surface area contributed by atoms with Crippen molar-refractivity contribution in [1.29, 1.82) is 0 Å². The molecule has 0 N–H and O–H groups in total. The van der Waals surface area contributed by atoms with Crippen molar-refractivity contribution in [3.8, 4) is 0 Å². The van der Waals surface area contributed by atoms with E-state index in [4.69, 9.17) is 4.74 Å². The van der Waals surface area contributed by atoms with Gasteiger partial charge in [0.2, 0.25) is 0 Å². The highest BCUT2D eigenvalue weighted by atomic mass is 19.1. The monoisotopic (exact) mass is 303 g/mol. The lowest BCUT2D eigenvalue weighted by molar-refractivity contribution is 0.132. The Kier molecular flexibility index (Phi) is 4.55. The average Bonchev–Trinajstić information content (AvgIpc) is 2.93. The first-order chi connectivity index (χ1) is 10.7. The number of halogens is 1. The van der Waals surface area contributed by atoms with Crippen LogP contribution in [0.2, 0.25) is 0 Å². The maximum Gasteiger partial charge on any atom is 0.123 e. The third kappa shape index (κ3) is 3.05. The lowest BCUT2D eigenvalue weighted by Crippen LogP contribution is -2.35. The minimum atomic E-state index is -0.189. The van der Waals surface area contributed by atoms with Crippen LogP contribution in [0, 0.1) is 5.82 Å². The van der Waals surface area contributed by atoms with Gasteiger partial charge in [0.15, 0.2) is 0 Å². The van der Waals surface area contributed by atoms with Gasteiger partial charge >= 0.3 is 0 Å². The normalized spacial score (nSPS) is 18.4. The van der Waals surface area contributed by atoms with E-state index in [1.807, 2.05) is 18.3 Å². The van der Waals surface area contributed by atoms with Crippen LogP contribution in [-0.4, -0.2) is 34.9 Å². The van der Waals surface area contributed by atoms with Gasteiger partial charge in [-0.3, -0.25) is 9.58 Å². The van der Waals surface area contributed by atoms with Gasteiger partial charge in [-0.25, -0.2) is 4.39 Å². The van der Waals surface area contributed by atoms with Crippen LogP contribution in [-0.2, 0) is 24.4 Å². The Morgan fingerprint density at radius 3 is 2.77 bits per heavy atom. The average molecular weight is 303 g/mol. The summed E-state index contributed by atoms with van der Waals surface area (Å²) >= 11 is 0. The number of hydrogen-bond acceptors (Lipinski definition) is 3. The second-order valence-electron chi connectivity index (χ2n) is 5.82. The van der Waals surface area contributed by atoms with Crippen LogP contribution >= 0.6 is 0 Å². The van der Waals surface area contributed by atoms with Crippen molar-refractivity contribution < 1.29 is 9.13 Å². The molecule has 0 aliphatic carbocycles. The summed E-state index contributed by atoms with van der Waals surface area (Å²) < 4.78 is 20.5. The summed E-state index contributed by atoms with van der Waals surface area (Å²) in [6.45, 7) is 6.32. The number of methoxy groups -OCH3 is 1.